The molecule has 2 unspecified atom stereocenters. The van der Waals surface area contributed by atoms with Gasteiger partial charge in [0.05, 0.1) is 11.8 Å². The molecule has 2 atom stereocenters. The predicted octanol–water partition coefficient (Wildman–Crippen LogP) is 2.49. The van der Waals surface area contributed by atoms with Crippen molar-refractivity contribution in [2.45, 2.75) is 45.4 Å². The van der Waals surface area contributed by atoms with Gasteiger partial charge in [0.2, 0.25) is 0 Å². The van der Waals surface area contributed by atoms with Crippen LogP contribution in [0.5, 0.6) is 0 Å². The van der Waals surface area contributed by atoms with Crippen LogP contribution in [0.4, 0.5) is 0 Å². The molecule has 0 spiro atoms. The first-order valence-electron chi connectivity index (χ1n) is 5.60. The summed E-state index contributed by atoms with van der Waals surface area (Å²) >= 11 is 1.72. The van der Waals surface area contributed by atoms with Crippen LogP contribution in [0, 0.1) is 0 Å². The minimum atomic E-state index is 0.250. The maximum atomic E-state index is 5.79. The fourth-order valence-electron chi connectivity index (χ4n) is 1.79. The summed E-state index contributed by atoms with van der Waals surface area (Å²) in [4.78, 5) is 4.60. The highest BCUT2D eigenvalue weighted by molar-refractivity contribution is 7.09. The highest BCUT2D eigenvalue weighted by Crippen LogP contribution is 2.33. The van der Waals surface area contributed by atoms with Crippen LogP contribution in [0.3, 0.4) is 0 Å². The van der Waals surface area contributed by atoms with E-state index in [0.29, 0.717) is 6.10 Å². The first-order chi connectivity index (χ1) is 7.29. The molecule has 0 bridgehead atoms. The molecule has 1 aromatic rings. The van der Waals surface area contributed by atoms with Gasteiger partial charge in [-0.3, -0.25) is 0 Å². The lowest BCUT2D eigenvalue weighted by molar-refractivity contribution is 0.0553. The van der Waals surface area contributed by atoms with Crippen LogP contribution in [0.25, 0.3) is 0 Å². The second-order valence-corrected chi connectivity index (χ2v) is 4.86. The number of hydrogen-bond donors (Lipinski definition) is 1. The van der Waals surface area contributed by atoms with Gasteiger partial charge in [-0.05, 0) is 26.3 Å². The predicted molar refractivity (Wildman–Crippen MR) is 62.0 cm³/mol. The summed E-state index contributed by atoms with van der Waals surface area (Å²) in [6.07, 6.45) is 2.93. The summed E-state index contributed by atoms with van der Waals surface area (Å²) in [5.41, 5.74) is 1.14. The summed E-state index contributed by atoms with van der Waals surface area (Å²) in [5.74, 6) is 0. The van der Waals surface area contributed by atoms with Crippen molar-refractivity contribution < 1.29 is 4.74 Å². The number of nitrogens with zero attached hydrogens (tertiary/aromatic N) is 1. The summed E-state index contributed by atoms with van der Waals surface area (Å²) < 4.78 is 5.79. The smallest absolute Gasteiger partial charge is 0.122 e. The molecule has 1 saturated heterocycles. The Kier molecular flexibility index (Phi) is 3.72. The van der Waals surface area contributed by atoms with Crippen molar-refractivity contribution in [2.75, 3.05) is 6.54 Å². The van der Waals surface area contributed by atoms with Gasteiger partial charge >= 0.3 is 0 Å². The van der Waals surface area contributed by atoms with Crippen molar-refractivity contribution >= 4 is 11.3 Å². The van der Waals surface area contributed by atoms with Crippen LogP contribution < -0.4 is 5.32 Å². The van der Waals surface area contributed by atoms with Gasteiger partial charge in [0.1, 0.15) is 11.1 Å². The summed E-state index contributed by atoms with van der Waals surface area (Å²) in [6.45, 7) is 6.10. The van der Waals surface area contributed by atoms with Gasteiger partial charge in [-0.25, -0.2) is 4.98 Å². The fraction of sp³-hybridized carbons (Fsp3) is 0.727. The van der Waals surface area contributed by atoms with Gasteiger partial charge < -0.3 is 10.1 Å². The normalized spacial score (nSPS) is 26.0. The average molecular weight is 226 g/mol. The lowest BCUT2D eigenvalue weighted by Gasteiger charge is -2.06. The topological polar surface area (TPSA) is 34.1 Å². The molecule has 3 nitrogen and oxygen atoms in total. The number of rotatable bonds is 4. The molecule has 1 fully saturated rings. The summed E-state index contributed by atoms with van der Waals surface area (Å²) in [6, 6.07) is 0. The zero-order valence-electron chi connectivity index (χ0n) is 9.32. The van der Waals surface area contributed by atoms with Gasteiger partial charge in [-0.1, -0.05) is 6.92 Å². The van der Waals surface area contributed by atoms with Gasteiger partial charge in [0.25, 0.3) is 0 Å². The van der Waals surface area contributed by atoms with E-state index in [-0.39, 0.29) is 6.10 Å². The Hall–Kier alpha value is -0.450. The second-order valence-electron chi connectivity index (χ2n) is 3.97. The van der Waals surface area contributed by atoms with Crippen LogP contribution >= 0.6 is 11.3 Å². The van der Waals surface area contributed by atoms with Crippen molar-refractivity contribution in [3.63, 3.8) is 0 Å². The standard InChI is InChI=1S/C11H18N2OS/c1-3-12-6-9-7-15-11(13-9)10-5-4-8(2)14-10/h7-8,10,12H,3-6H2,1-2H3. The Morgan fingerprint density at radius 3 is 3.13 bits per heavy atom. The molecule has 2 heterocycles. The van der Waals surface area contributed by atoms with Gasteiger partial charge in [-0.2, -0.15) is 0 Å². The zero-order chi connectivity index (χ0) is 10.7. The molecule has 15 heavy (non-hydrogen) atoms. The number of ether oxygens (including phenoxy) is 1. The third kappa shape index (κ3) is 2.77. The van der Waals surface area contributed by atoms with Crippen LogP contribution in [0.1, 0.15) is 43.5 Å². The summed E-state index contributed by atoms with van der Waals surface area (Å²) in [5, 5.41) is 6.56. The first-order valence-corrected chi connectivity index (χ1v) is 6.48. The zero-order valence-corrected chi connectivity index (χ0v) is 10.1. The van der Waals surface area contributed by atoms with Crippen LogP contribution in [-0.4, -0.2) is 17.6 Å². The van der Waals surface area contributed by atoms with E-state index in [1.807, 2.05) is 0 Å². The molecule has 0 aliphatic carbocycles. The van der Waals surface area contributed by atoms with Gasteiger partial charge in [0, 0.05) is 11.9 Å². The monoisotopic (exact) mass is 226 g/mol. The Morgan fingerprint density at radius 1 is 1.60 bits per heavy atom. The van der Waals surface area contributed by atoms with E-state index in [0.717, 1.165) is 36.6 Å². The molecule has 1 aromatic heterocycles. The van der Waals surface area contributed by atoms with E-state index >= 15 is 0 Å². The van der Waals surface area contributed by atoms with Crippen LogP contribution in [-0.2, 0) is 11.3 Å². The number of hydrogen-bond acceptors (Lipinski definition) is 4. The van der Waals surface area contributed by atoms with E-state index in [4.69, 9.17) is 4.74 Å². The Bertz CT molecular complexity index is 313. The third-order valence-electron chi connectivity index (χ3n) is 2.63. The Balaban J connectivity index is 1.94. The molecule has 84 valence electrons. The second kappa shape index (κ2) is 5.05. The molecular formula is C11H18N2OS. The first kappa shape index (κ1) is 11.0. The number of aromatic nitrogens is 1. The summed E-state index contributed by atoms with van der Waals surface area (Å²) in [7, 11) is 0. The number of nitrogens with one attached hydrogen (secondary N) is 1. The molecule has 4 heteroatoms. The molecule has 0 saturated carbocycles. The molecule has 0 radical (unpaired) electrons. The quantitative estimate of drug-likeness (QED) is 0.856. The van der Waals surface area contributed by atoms with Crippen molar-refractivity contribution in [3.8, 4) is 0 Å². The number of thiazole rings is 1. The van der Waals surface area contributed by atoms with Gasteiger partial charge in [0.15, 0.2) is 0 Å². The van der Waals surface area contributed by atoms with Gasteiger partial charge in [-0.15, -0.1) is 11.3 Å². The molecule has 1 N–H and O–H groups in total. The van der Waals surface area contributed by atoms with E-state index < -0.39 is 0 Å². The molecule has 0 amide bonds. The minimum Gasteiger partial charge on any atom is -0.368 e. The average Bonchev–Trinajstić information content (AvgIpc) is 2.83. The maximum Gasteiger partial charge on any atom is 0.122 e. The SMILES string of the molecule is CCNCc1csc(C2CCC(C)O2)n1. The highest BCUT2D eigenvalue weighted by Gasteiger charge is 2.25. The van der Waals surface area contributed by atoms with E-state index in [1.54, 1.807) is 11.3 Å². The van der Waals surface area contributed by atoms with E-state index in [9.17, 15) is 0 Å². The van der Waals surface area contributed by atoms with Crippen molar-refractivity contribution in [2.24, 2.45) is 0 Å². The highest BCUT2D eigenvalue weighted by atomic mass is 32.1. The van der Waals surface area contributed by atoms with Crippen LogP contribution in [0.2, 0.25) is 0 Å². The molecule has 1 aliphatic heterocycles. The molecule has 0 aromatic carbocycles. The van der Waals surface area contributed by atoms with E-state index in [1.165, 1.54) is 0 Å². The molecule has 1 aliphatic rings. The van der Waals surface area contributed by atoms with Crippen molar-refractivity contribution in [1.29, 1.82) is 0 Å². The molecule has 2 rings (SSSR count). The minimum absolute atomic E-state index is 0.250. The third-order valence-corrected chi connectivity index (χ3v) is 3.62. The lowest BCUT2D eigenvalue weighted by Crippen LogP contribution is -2.12. The molecular weight excluding hydrogens is 208 g/mol. The lowest BCUT2D eigenvalue weighted by atomic mass is 10.2. The Morgan fingerprint density at radius 2 is 2.47 bits per heavy atom. The van der Waals surface area contributed by atoms with E-state index in [2.05, 4.69) is 29.5 Å². The fourth-order valence-corrected chi connectivity index (χ4v) is 2.68. The van der Waals surface area contributed by atoms with Crippen molar-refractivity contribution in [3.05, 3.63) is 16.1 Å². The largest absolute Gasteiger partial charge is 0.368 e. The maximum absolute atomic E-state index is 5.79. The Labute approximate surface area is 94.9 Å². The van der Waals surface area contributed by atoms with Crippen LogP contribution in [0.15, 0.2) is 5.38 Å². The van der Waals surface area contributed by atoms with Crippen molar-refractivity contribution in [1.82, 2.24) is 10.3 Å².